The molecule has 4 atom stereocenters. The van der Waals surface area contributed by atoms with E-state index in [1.807, 2.05) is 29.2 Å². The van der Waals surface area contributed by atoms with E-state index < -0.39 is 23.9 Å². The zero-order valence-electron chi connectivity index (χ0n) is 21.2. The summed E-state index contributed by atoms with van der Waals surface area (Å²) >= 11 is 9.68. The molecule has 2 saturated heterocycles. The van der Waals surface area contributed by atoms with Gasteiger partial charge in [-0.05, 0) is 66.6 Å². The summed E-state index contributed by atoms with van der Waals surface area (Å²) in [6.45, 7) is 2.71. The maximum atomic E-state index is 14.1. The Hall–Kier alpha value is -3.42. The van der Waals surface area contributed by atoms with Crippen molar-refractivity contribution in [2.24, 2.45) is 11.8 Å². The molecule has 0 N–H and O–H groups in total. The summed E-state index contributed by atoms with van der Waals surface area (Å²) in [5, 5.41) is 0.576. The second kappa shape index (κ2) is 10.3. The van der Waals surface area contributed by atoms with Crippen molar-refractivity contribution in [3.8, 4) is 5.75 Å². The number of anilines is 2. The molecule has 6 nitrogen and oxygen atoms in total. The van der Waals surface area contributed by atoms with Crippen LogP contribution >= 0.6 is 27.5 Å². The molecule has 3 aromatic rings. The smallest absolute Gasteiger partial charge is 0.240 e. The minimum atomic E-state index is -0.843. The molecule has 0 aliphatic carbocycles. The molecule has 39 heavy (non-hydrogen) atoms. The minimum absolute atomic E-state index is 0.195. The molecule has 0 bridgehead atoms. The number of amides is 2. The molecule has 3 aliphatic rings. The third-order valence-electron chi connectivity index (χ3n) is 7.73. The highest BCUT2D eigenvalue weighted by Crippen LogP contribution is 2.50. The normalized spacial score (nSPS) is 23.1. The van der Waals surface area contributed by atoms with E-state index in [1.54, 1.807) is 54.6 Å². The second-order valence-corrected chi connectivity index (χ2v) is 11.4. The summed E-state index contributed by atoms with van der Waals surface area (Å²) in [6, 6.07) is 18.3. The van der Waals surface area contributed by atoms with Crippen molar-refractivity contribution in [2.75, 3.05) is 16.4 Å². The lowest BCUT2D eigenvalue weighted by atomic mass is 9.86. The highest BCUT2D eigenvalue weighted by Gasteiger charge is 2.64. The van der Waals surface area contributed by atoms with Crippen LogP contribution in [0.15, 0.2) is 77.3 Å². The minimum Gasteiger partial charge on any atom is -0.494 e. The lowest BCUT2D eigenvalue weighted by Gasteiger charge is -2.36. The number of hydrogen-bond donors (Lipinski definition) is 0. The van der Waals surface area contributed by atoms with Crippen molar-refractivity contribution in [1.82, 2.24) is 0 Å². The lowest BCUT2D eigenvalue weighted by molar-refractivity contribution is -0.122. The van der Waals surface area contributed by atoms with Crippen LogP contribution in [0.25, 0.3) is 6.08 Å². The average Bonchev–Trinajstić information content (AvgIpc) is 3.41. The van der Waals surface area contributed by atoms with E-state index in [4.69, 9.17) is 16.3 Å². The number of fused-ring (bicyclic) bond motifs is 5. The third kappa shape index (κ3) is 4.38. The molecule has 0 saturated carbocycles. The van der Waals surface area contributed by atoms with Crippen LogP contribution in [-0.4, -0.2) is 36.3 Å². The van der Waals surface area contributed by atoms with Gasteiger partial charge in [-0.25, -0.2) is 4.90 Å². The van der Waals surface area contributed by atoms with E-state index in [-0.39, 0.29) is 17.6 Å². The van der Waals surface area contributed by atoms with Crippen molar-refractivity contribution in [1.29, 1.82) is 0 Å². The number of carbonyl (C=O) groups excluding carboxylic acids is 3. The van der Waals surface area contributed by atoms with Gasteiger partial charge in [-0.2, -0.15) is 0 Å². The molecule has 0 unspecified atom stereocenters. The lowest BCUT2D eigenvalue weighted by Crippen LogP contribution is -2.48. The maximum Gasteiger partial charge on any atom is 0.240 e. The summed E-state index contributed by atoms with van der Waals surface area (Å²) in [5.74, 6) is -1.69. The first-order valence-electron chi connectivity index (χ1n) is 13.1. The van der Waals surface area contributed by atoms with Crippen LogP contribution < -0.4 is 14.5 Å². The van der Waals surface area contributed by atoms with Gasteiger partial charge in [0.1, 0.15) is 11.8 Å². The fourth-order valence-electron chi connectivity index (χ4n) is 5.91. The number of hydrogen-bond acceptors (Lipinski definition) is 5. The Labute approximate surface area is 240 Å². The van der Waals surface area contributed by atoms with Crippen molar-refractivity contribution in [3.05, 3.63) is 93.4 Å². The molecule has 2 amide bonds. The van der Waals surface area contributed by atoms with E-state index in [0.717, 1.165) is 28.6 Å². The molecule has 3 aromatic carbocycles. The number of ketones is 1. The van der Waals surface area contributed by atoms with Crippen molar-refractivity contribution in [2.45, 2.75) is 31.8 Å². The quantitative estimate of drug-likeness (QED) is 0.174. The van der Waals surface area contributed by atoms with Gasteiger partial charge < -0.3 is 9.64 Å². The summed E-state index contributed by atoms with van der Waals surface area (Å²) in [4.78, 5) is 45.3. The topological polar surface area (TPSA) is 66.9 Å². The van der Waals surface area contributed by atoms with Crippen LogP contribution in [0.2, 0.25) is 5.02 Å². The maximum absolute atomic E-state index is 14.1. The number of carbonyl (C=O) groups is 3. The molecule has 3 aliphatic heterocycles. The van der Waals surface area contributed by atoms with E-state index in [9.17, 15) is 14.4 Å². The Bertz CT molecular complexity index is 1490. The average molecular weight is 606 g/mol. The fraction of sp³-hybridized carbons (Fsp3) is 0.258. The molecule has 0 aromatic heterocycles. The first-order chi connectivity index (χ1) is 18.9. The van der Waals surface area contributed by atoms with E-state index in [0.29, 0.717) is 28.6 Å². The van der Waals surface area contributed by atoms with Gasteiger partial charge >= 0.3 is 0 Å². The highest BCUT2D eigenvalue weighted by molar-refractivity contribution is 9.10. The van der Waals surface area contributed by atoms with Gasteiger partial charge in [0, 0.05) is 20.7 Å². The summed E-state index contributed by atoms with van der Waals surface area (Å²) in [7, 11) is 0. The Morgan fingerprint density at radius 1 is 0.974 bits per heavy atom. The van der Waals surface area contributed by atoms with Gasteiger partial charge in [0.2, 0.25) is 11.8 Å². The van der Waals surface area contributed by atoms with Gasteiger partial charge in [0.25, 0.3) is 0 Å². The van der Waals surface area contributed by atoms with E-state index >= 15 is 0 Å². The van der Waals surface area contributed by atoms with Gasteiger partial charge in [-0.1, -0.05) is 65.2 Å². The Balaban J connectivity index is 1.39. The van der Waals surface area contributed by atoms with Crippen LogP contribution in [0.5, 0.6) is 5.75 Å². The van der Waals surface area contributed by atoms with Crippen molar-refractivity contribution in [3.63, 3.8) is 0 Å². The largest absolute Gasteiger partial charge is 0.494 e. The van der Waals surface area contributed by atoms with Gasteiger partial charge in [-0.15, -0.1) is 0 Å². The van der Waals surface area contributed by atoms with E-state index in [2.05, 4.69) is 22.9 Å². The molecule has 0 spiro atoms. The Morgan fingerprint density at radius 3 is 2.41 bits per heavy atom. The van der Waals surface area contributed by atoms with Crippen LogP contribution in [0.1, 0.15) is 35.7 Å². The number of unbranched alkanes of at least 4 members (excludes halogenated alkanes) is 1. The van der Waals surface area contributed by atoms with Crippen molar-refractivity contribution < 1.29 is 19.1 Å². The van der Waals surface area contributed by atoms with Crippen LogP contribution in [-0.2, 0) is 9.59 Å². The summed E-state index contributed by atoms with van der Waals surface area (Å²) in [6.07, 6.45) is 5.82. The van der Waals surface area contributed by atoms with Crippen molar-refractivity contribution >= 4 is 62.6 Å². The first kappa shape index (κ1) is 25.8. The first-order valence-corrected chi connectivity index (χ1v) is 14.2. The van der Waals surface area contributed by atoms with E-state index in [1.165, 1.54) is 4.90 Å². The number of benzene rings is 3. The zero-order valence-corrected chi connectivity index (χ0v) is 23.6. The molecule has 2 fully saturated rings. The van der Waals surface area contributed by atoms with Crippen LogP contribution in [0.3, 0.4) is 0 Å². The van der Waals surface area contributed by atoms with Crippen LogP contribution in [0, 0.1) is 11.8 Å². The van der Waals surface area contributed by atoms with Crippen LogP contribution in [0.4, 0.5) is 11.4 Å². The van der Waals surface area contributed by atoms with Gasteiger partial charge in [0.05, 0.1) is 30.2 Å². The summed E-state index contributed by atoms with van der Waals surface area (Å²) < 4.78 is 6.60. The highest BCUT2D eigenvalue weighted by atomic mass is 79.9. The number of halogens is 2. The third-order valence-corrected chi connectivity index (χ3v) is 8.49. The molecule has 3 heterocycles. The number of nitrogens with zero attached hydrogens (tertiary/aromatic N) is 2. The molecule has 0 radical (unpaired) electrons. The monoisotopic (exact) mass is 604 g/mol. The standard InChI is InChI=1S/C31H26BrClN2O4/c1-2-3-16-39-23-12-10-22(11-13-23)34-30(37)26-25-14-6-19-17-21(33)9-15-24(19)35(25)28(27(26)31(34)38)29(36)18-4-7-20(32)8-5-18/h4-15,17,25-28H,2-3,16H2,1H3/t25-,26+,27-,28+/m1/s1. The zero-order chi connectivity index (χ0) is 27.3. The van der Waals surface area contributed by atoms with Gasteiger partial charge in [0.15, 0.2) is 5.78 Å². The molecular weight excluding hydrogens is 580 g/mol. The SMILES string of the molecule is CCCCOc1ccc(N2C(=O)[C@@H]3[C@@H](C2=O)[C@@H](C(=O)c2ccc(Br)cc2)N2c4ccc(Cl)cc4C=C[C@H]32)cc1. The molecular formula is C31H26BrClN2O4. The number of rotatable bonds is 7. The predicted molar refractivity (Wildman–Crippen MR) is 155 cm³/mol. The number of Topliss-reactive ketones (excluding diaryl/α,β-unsaturated/α-hetero) is 1. The molecule has 198 valence electrons. The number of ether oxygens (including phenoxy) is 1. The Morgan fingerprint density at radius 2 is 1.69 bits per heavy atom. The summed E-state index contributed by atoms with van der Waals surface area (Å²) in [5.41, 5.74) is 2.61. The predicted octanol–water partition coefficient (Wildman–Crippen LogP) is 6.55. The Kier molecular flexibility index (Phi) is 6.81. The number of imide groups is 1. The molecule has 6 rings (SSSR count). The fourth-order valence-corrected chi connectivity index (χ4v) is 6.35. The molecule has 8 heteroatoms. The van der Waals surface area contributed by atoms with Gasteiger partial charge in [-0.3, -0.25) is 14.4 Å². The second-order valence-electron chi connectivity index (χ2n) is 10.0.